The number of ether oxygens (including phenoxy) is 7. The highest BCUT2D eigenvalue weighted by Gasteiger charge is 2.43. The van der Waals surface area contributed by atoms with Gasteiger partial charge in [-0.1, -0.05) is 0 Å². The number of amides is 4. The monoisotopic (exact) mass is 2140 g/mol. The minimum Gasteiger partial charge on any atom is -0.497 e. The van der Waals surface area contributed by atoms with Crippen molar-refractivity contribution in [2.45, 2.75) is 186 Å². The van der Waals surface area contributed by atoms with Crippen LogP contribution in [0, 0.1) is 0 Å². The second-order valence-electron chi connectivity index (χ2n) is 38.7. The van der Waals surface area contributed by atoms with Crippen molar-refractivity contribution in [3.63, 3.8) is 0 Å². The van der Waals surface area contributed by atoms with E-state index in [1.807, 2.05) is 27.8 Å². The summed E-state index contributed by atoms with van der Waals surface area (Å²) in [4.78, 5) is 98.2. The molecule has 10 aromatic rings. The number of carboxylic acids is 2. The van der Waals surface area contributed by atoms with Crippen LogP contribution in [0.3, 0.4) is 0 Å². The molecule has 824 valence electrons. The number of benzene rings is 4. The molecule has 0 saturated carbocycles. The number of carbonyl (C=O) groups excluding carboxylic acids is 4. The molecule has 4 amide bonds. The van der Waals surface area contributed by atoms with Crippen LogP contribution in [-0.4, -0.2) is 318 Å². The number of likely N-dealkylation sites (N-methyl/N-ethyl adjacent to an activating group) is 4. The maximum Gasteiger partial charge on any atom is 0.435 e. The highest BCUT2D eigenvalue weighted by atomic mass is 35.5. The molecule has 4 fully saturated rings. The van der Waals surface area contributed by atoms with Crippen LogP contribution in [0.4, 0.5) is 89.8 Å². The van der Waals surface area contributed by atoms with E-state index in [2.05, 4.69) is 70.6 Å². The summed E-state index contributed by atoms with van der Waals surface area (Å²) in [7, 11) is 13.0. The molecule has 4 saturated heterocycles. The number of alkyl halides is 12. The minimum absolute atomic E-state index is 0. The smallest absolute Gasteiger partial charge is 0.435 e. The number of nitrogens with one attached hydrogen (secondary N) is 4. The molecule has 4 aliphatic heterocycles. The first-order valence-corrected chi connectivity index (χ1v) is 47.6. The quantitative estimate of drug-likeness (QED) is 0.0146. The van der Waals surface area contributed by atoms with Gasteiger partial charge in [0, 0.05) is 169 Å². The van der Waals surface area contributed by atoms with Crippen LogP contribution in [0.1, 0.15) is 189 Å². The molecule has 52 heteroatoms. The number of carbonyl (C=O) groups is 6. The van der Waals surface area contributed by atoms with E-state index in [-0.39, 0.29) is 47.7 Å². The molecule has 0 unspecified atom stereocenters. The number of rotatable bonds is 25. The number of aromatic carboxylic acids is 1. The van der Waals surface area contributed by atoms with Gasteiger partial charge in [-0.15, -0.1) is 12.4 Å². The molecule has 4 aliphatic rings. The summed E-state index contributed by atoms with van der Waals surface area (Å²) >= 11 is 0. The Morgan fingerprint density at radius 3 is 1.01 bits per heavy atom. The van der Waals surface area contributed by atoms with Crippen molar-refractivity contribution >= 4 is 93.3 Å². The fourth-order valence-electron chi connectivity index (χ4n) is 16.0. The summed E-state index contributed by atoms with van der Waals surface area (Å²) in [6.45, 7) is 27.5. The number of piperidine rings is 4. The molecule has 149 heavy (non-hydrogen) atoms. The van der Waals surface area contributed by atoms with E-state index in [1.54, 1.807) is 145 Å². The number of nitrogens with zero attached hydrogens (tertiary/aromatic N) is 17. The molecule has 39 nitrogen and oxygen atoms in total. The van der Waals surface area contributed by atoms with Gasteiger partial charge < -0.3 is 115 Å². The molecule has 0 radical (unpaired) electrons. The third-order valence-electron chi connectivity index (χ3n) is 23.9. The van der Waals surface area contributed by atoms with E-state index < -0.39 is 112 Å². The van der Waals surface area contributed by atoms with Gasteiger partial charge in [0.2, 0.25) is 0 Å². The van der Waals surface area contributed by atoms with Crippen LogP contribution in [0.5, 0.6) is 23.0 Å². The Labute approximate surface area is 860 Å². The van der Waals surface area contributed by atoms with E-state index in [0.29, 0.717) is 197 Å². The number of nitrogens with two attached hydrogens (primary N) is 3. The summed E-state index contributed by atoms with van der Waals surface area (Å²) in [5.41, 5.74) is 15.2. The van der Waals surface area contributed by atoms with Crippen molar-refractivity contribution in [1.29, 1.82) is 0 Å². The van der Waals surface area contributed by atoms with E-state index in [1.165, 1.54) is 48.0 Å². The Balaban J connectivity index is 0.000000232. The Morgan fingerprint density at radius 1 is 0.409 bits per heavy atom. The number of hydrogen-bond donors (Lipinski definition) is 9. The van der Waals surface area contributed by atoms with Gasteiger partial charge in [0.15, 0.2) is 34.4 Å². The van der Waals surface area contributed by atoms with Crippen molar-refractivity contribution in [3.8, 4) is 46.0 Å². The number of imidazole rings is 2. The molecule has 12 N–H and O–H groups in total. The third-order valence-corrected chi connectivity index (χ3v) is 23.9. The number of aromatic nitrogens is 12. The number of halogens is 13. The lowest BCUT2D eigenvalue weighted by atomic mass is 10.0. The molecular weight excluding hydrogens is 2000 g/mol. The van der Waals surface area contributed by atoms with E-state index in [4.69, 9.17) is 60.3 Å². The van der Waals surface area contributed by atoms with Crippen molar-refractivity contribution in [2.75, 3.05) is 184 Å². The molecule has 14 rings (SSSR count). The van der Waals surface area contributed by atoms with E-state index in [0.717, 1.165) is 74.6 Å². The van der Waals surface area contributed by atoms with Gasteiger partial charge in [-0.3, -0.25) is 28.3 Å². The normalized spacial score (nSPS) is 15.2. The van der Waals surface area contributed by atoms with Crippen LogP contribution >= 0.6 is 12.4 Å². The van der Waals surface area contributed by atoms with E-state index >= 15 is 0 Å². The lowest BCUT2D eigenvalue weighted by Gasteiger charge is -2.33. The molecule has 6 aromatic heterocycles. The zero-order chi connectivity index (χ0) is 110. The molecular formula is C97H135ClF12N24O15. The van der Waals surface area contributed by atoms with Crippen molar-refractivity contribution in [3.05, 3.63) is 131 Å². The number of H-pyrrole nitrogens is 2. The Bertz CT molecular complexity index is 6050. The zero-order valence-electron chi connectivity index (χ0n) is 86.5. The van der Waals surface area contributed by atoms with Gasteiger partial charge in [0.05, 0.1) is 97.4 Å². The Hall–Kier alpha value is -13.3. The summed E-state index contributed by atoms with van der Waals surface area (Å²) in [6, 6.07) is 22.7. The number of likely N-dealkylation sites (tertiary alicyclic amines) is 4. The van der Waals surface area contributed by atoms with Crippen LogP contribution in [0.2, 0.25) is 0 Å². The number of hydrogen-bond acceptors (Lipinski definition) is 27. The predicted octanol–water partition coefficient (Wildman–Crippen LogP) is 17.0. The van der Waals surface area contributed by atoms with Crippen LogP contribution in [0.25, 0.3) is 45.1 Å². The number of methoxy groups -OCH3 is 4. The highest BCUT2D eigenvalue weighted by molar-refractivity contribution is 6.05. The summed E-state index contributed by atoms with van der Waals surface area (Å²) in [6.07, 6.45) is -15.1. The maximum atomic E-state index is 13.6. The van der Waals surface area contributed by atoms with Crippen LogP contribution in [0.15, 0.2) is 97.1 Å². The van der Waals surface area contributed by atoms with Crippen molar-refractivity contribution < 1.29 is 125 Å². The van der Waals surface area contributed by atoms with Crippen LogP contribution < -0.4 is 46.8 Å². The predicted molar refractivity (Wildman–Crippen MR) is 536 cm³/mol. The molecule has 0 aliphatic carbocycles. The van der Waals surface area contributed by atoms with Gasteiger partial charge in [-0.2, -0.15) is 73.1 Å². The second kappa shape index (κ2) is 52.3. The largest absolute Gasteiger partial charge is 0.497 e. The molecule has 10 heterocycles. The van der Waals surface area contributed by atoms with Crippen molar-refractivity contribution in [2.24, 2.45) is 0 Å². The number of fused-ring (bicyclic) bond motifs is 2. The standard InChI is InChI=1S/C25H35F3N6O4.C25H33F3N6O3.C20H25F3N6O.C18H27F3N4O4.C7H10N2O.C2H4O2.ClH/c1-24(2,3)38-23(36)32(4)12-13-33-10-8-16(9-11-33)34-20(15-21(31-34)25(26,27)28)22(35)30-19-14-17(37-5)6-7-18(19)29;1-24(2,3)37-23(35)32(4)12-13-33-10-8-16(9-11-33)34-20(15-21(31-34)25(26,27)28)22-29-18-7-6-17(36-5)14-19(18)30-22;1-24-7-10-28-8-5-13(6-9-28)29-17(12-18(27-29)20(21,22)23)19-25-15-4-3-14(30-2)11-16(15)26-19;1-17(2,3)29-16(28)23(4)9-10-24-7-5-12(6-8-24)25-13(15(26)27)11-14(22-25)18(19,20)21;1-10-5-2-3-6(8)7(9)4-5;1-2(3)4;/h6-7,14-16H,8-13,29H2,1-5H3,(H,30,35);6-7,14-16H,8-13H2,1-5H3,(H,29,30);3-4,11-13,24H,5-10H2,1-2H3,(H,25,26);11-12H,5-10H2,1-4H3,(H,26,27);2-4H,8-9H2,1H3;1H3,(H,3,4);1H. The number of aliphatic carboxylic acids is 1. The minimum atomic E-state index is -4.71. The van der Waals surface area contributed by atoms with Gasteiger partial charge in [0.25, 0.3) is 11.9 Å². The topological polar surface area (TPSA) is 461 Å². The lowest BCUT2D eigenvalue weighted by molar-refractivity contribution is -0.142. The molecule has 0 bridgehead atoms. The zero-order valence-corrected chi connectivity index (χ0v) is 87.3. The summed E-state index contributed by atoms with van der Waals surface area (Å²) in [5.74, 6) is 0.110. The van der Waals surface area contributed by atoms with Gasteiger partial charge in [-0.05, 0) is 181 Å². The first-order chi connectivity index (χ1) is 69.1. The average Bonchev–Trinajstić information content (AvgIpc) is 1.63. The number of anilines is 4. The van der Waals surface area contributed by atoms with Crippen LogP contribution in [-0.2, 0) is 43.7 Å². The van der Waals surface area contributed by atoms with Gasteiger partial charge in [0.1, 0.15) is 62.6 Å². The van der Waals surface area contributed by atoms with Gasteiger partial charge >= 0.3 is 49.0 Å². The fourth-order valence-corrected chi connectivity index (χ4v) is 16.0. The van der Waals surface area contributed by atoms with Crippen molar-refractivity contribution in [1.82, 2.24) is 98.7 Å². The average molecular weight is 2140 g/mol. The third kappa shape index (κ3) is 36.0. The number of carboxylic acid groups (broad SMARTS) is 2. The molecule has 0 spiro atoms. The Morgan fingerprint density at radius 2 is 0.698 bits per heavy atom. The number of nitrogen functional groups attached to an aromatic ring is 3. The highest BCUT2D eigenvalue weighted by Crippen LogP contribution is 2.41. The lowest BCUT2D eigenvalue weighted by Crippen LogP contribution is -2.42. The maximum absolute atomic E-state index is 13.6. The number of aromatic amines is 2. The van der Waals surface area contributed by atoms with Gasteiger partial charge in [-0.25, -0.2) is 29.1 Å². The molecule has 4 aromatic carbocycles. The summed E-state index contributed by atoms with van der Waals surface area (Å²) < 4.78 is 202. The summed E-state index contributed by atoms with van der Waals surface area (Å²) in [5, 5.41) is 37.5. The first-order valence-electron chi connectivity index (χ1n) is 47.6. The molecule has 0 atom stereocenters. The second-order valence-corrected chi connectivity index (χ2v) is 38.7. The first kappa shape index (κ1) is 121. The Kier molecular flexibility index (Phi) is 42.4. The SMILES string of the molecule is CC(=O)O.CN(CCN1CCC(n2nc(C(F)(F)F)cc2C(=O)O)CC1)C(=O)OC(C)(C)C.CNCCN1CCC(n2nc(C(F)(F)F)cc2-c2nc3ccc(OC)cc3[nH]2)CC1.COc1ccc(N)c(N)c1.COc1ccc(N)c(NC(=O)c2cc(C(F)(F)F)nn2C2CCN(CCN(C)C(=O)OC(C)(C)C)CC2)c1.COc1ccc2nc(-c3cc(C(F)(F)F)nn3C3CCN(CCN(C)C(=O)OC(C)(C)C)CC3)[nH]c2c1.Cl. The fraction of sp³-hybridized carbons (Fsp3) is 0.546. The van der Waals surface area contributed by atoms with E-state index in [9.17, 15) is 81.8 Å².